The molecule has 0 unspecified atom stereocenters. The molecule has 4 rings (SSSR count). The maximum Gasteiger partial charge on any atom is 0.235 e. The molecule has 168 valence electrons. The zero-order valence-corrected chi connectivity index (χ0v) is 20.2. The summed E-state index contributed by atoms with van der Waals surface area (Å²) in [6, 6.07) is 13.8. The number of anilines is 2. The fraction of sp³-hybridized carbons (Fsp3) is 0.320. The molecule has 1 aliphatic carbocycles. The molecular formula is C25H26Cl3N3O. The number of halogens is 3. The molecule has 1 fully saturated rings. The number of carbonyl (C=O) groups is 1. The average molecular weight is 491 g/mol. The number of carbonyl (C=O) groups excluding carboxylic acids is 1. The standard InChI is InChI=1S/C25H26Cl3N3O/c1-25(28)10-8-19(9-11-25)24(32)29-22-4-2-3-5-23(22)31-14-12-30(13-15-31)17-18-6-7-20(26)21(27)16-18/h2-11,16,19H,12-15,17H2,1H3,(H,29,32). The van der Waals surface area contributed by atoms with Crippen LogP contribution in [0.5, 0.6) is 0 Å². The molecular weight excluding hydrogens is 465 g/mol. The van der Waals surface area contributed by atoms with Crippen LogP contribution in [0.15, 0.2) is 66.8 Å². The van der Waals surface area contributed by atoms with Crippen molar-refractivity contribution >= 4 is 52.1 Å². The van der Waals surface area contributed by atoms with Gasteiger partial charge in [0.1, 0.15) is 0 Å². The molecule has 1 aliphatic heterocycles. The van der Waals surface area contributed by atoms with Gasteiger partial charge in [0.05, 0.1) is 32.2 Å². The van der Waals surface area contributed by atoms with Crippen LogP contribution in [0.4, 0.5) is 11.4 Å². The number of alkyl halides is 1. The van der Waals surface area contributed by atoms with E-state index in [1.165, 1.54) is 0 Å². The van der Waals surface area contributed by atoms with Gasteiger partial charge in [0.15, 0.2) is 0 Å². The number of nitrogens with zero attached hydrogens (tertiary/aromatic N) is 2. The Balaban J connectivity index is 1.37. The summed E-state index contributed by atoms with van der Waals surface area (Å²) in [4.78, 5) is 17.0. The van der Waals surface area contributed by atoms with Gasteiger partial charge in [-0.3, -0.25) is 9.69 Å². The number of hydrogen-bond donors (Lipinski definition) is 1. The van der Waals surface area contributed by atoms with Crippen LogP contribution in [-0.4, -0.2) is 41.9 Å². The van der Waals surface area contributed by atoms with E-state index in [1.54, 1.807) is 0 Å². The second-order valence-electron chi connectivity index (χ2n) is 8.41. The number of nitrogens with one attached hydrogen (secondary N) is 1. The van der Waals surface area contributed by atoms with E-state index >= 15 is 0 Å². The summed E-state index contributed by atoms with van der Waals surface area (Å²) in [6.07, 6.45) is 7.43. The Bertz CT molecular complexity index is 1030. The molecule has 2 aliphatic rings. The van der Waals surface area contributed by atoms with E-state index in [0.717, 1.165) is 49.7 Å². The first kappa shape index (κ1) is 23.2. The van der Waals surface area contributed by atoms with Gasteiger partial charge in [-0.2, -0.15) is 0 Å². The molecule has 4 nitrogen and oxygen atoms in total. The third kappa shape index (κ3) is 5.68. The van der Waals surface area contributed by atoms with Crippen molar-refractivity contribution < 1.29 is 4.79 Å². The molecule has 32 heavy (non-hydrogen) atoms. The van der Waals surface area contributed by atoms with Crippen molar-refractivity contribution in [1.29, 1.82) is 0 Å². The van der Waals surface area contributed by atoms with E-state index in [9.17, 15) is 4.79 Å². The number of hydrogen-bond acceptors (Lipinski definition) is 3. The first-order chi connectivity index (χ1) is 15.3. The third-order valence-corrected chi connectivity index (χ3v) is 6.82. The highest BCUT2D eigenvalue weighted by Gasteiger charge is 2.24. The van der Waals surface area contributed by atoms with Gasteiger partial charge in [0, 0.05) is 32.7 Å². The second kappa shape index (κ2) is 9.88. The zero-order chi connectivity index (χ0) is 22.7. The van der Waals surface area contributed by atoms with E-state index < -0.39 is 4.87 Å². The zero-order valence-electron chi connectivity index (χ0n) is 17.9. The molecule has 0 bridgehead atoms. The number of rotatable bonds is 5. The van der Waals surface area contributed by atoms with E-state index in [1.807, 2.05) is 67.6 Å². The van der Waals surface area contributed by atoms with Crippen molar-refractivity contribution in [2.45, 2.75) is 18.3 Å². The number of benzene rings is 2. The van der Waals surface area contributed by atoms with Crippen molar-refractivity contribution in [3.05, 3.63) is 82.4 Å². The summed E-state index contributed by atoms with van der Waals surface area (Å²) >= 11 is 18.5. The first-order valence-electron chi connectivity index (χ1n) is 10.7. The minimum Gasteiger partial charge on any atom is -0.367 e. The molecule has 0 aromatic heterocycles. The second-order valence-corrected chi connectivity index (χ2v) is 10.0. The van der Waals surface area contributed by atoms with Crippen LogP contribution in [0.1, 0.15) is 12.5 Å². The van der Waals surface area contributed by atoms with Gasteiger partial charge in [-0.1, -0.05) is 65.7 Å². The van der Waals surface area contributed by atoms with Crippen molar-refractivity contribution in [2.24, 2.45) is 5.92 Å². The molecule has 0 atom stereocenters. The number of amides is 1. The molecule has 1 saturated heterocycles. The predicted octanol–water partition coefficient (Wildman–Crippen LogP) is 5.99. The Morgan fingerprint density at radius 3 is 2.41 bits per heavy atom. The van der Waals surface area contributed by atoms with Crippen LogP contribution in [0.2, 0.25) is 10.0 Å². The van der Waals surface area contributed by atoms with Gasteiger partial charge in [0.25, 0.3) is 0 Å². The predicted molar refractivity (Wildman–Crippen MR) is 135 cm³/mol. The fourth-order valence-corrected chi connectivity index (χ4v) is 4.46. The van der Waals surface area contributed by atoms with Crippen LogP contribution in [-0.2, 0) is 11.3 Å². The summed E-state index contributed by atoms with van der Waals surface area (Å²) in [5.74, 6) is -0.381. The fourth-order valence-electron chi connectivity index (χ4n) is 3.99. The van der Waals surface area contributed by atoms with Crippen molar-refractivity contribution in [1.82, 2.24) is 4.90 Å². The van der Waals surface area contributed by atoms with Gasteiger partial charge >= 0.3 is 0 Å². The molecule has 1 amide bonds. The third-order valence-electron chi connectivity index (χ3n) is 5.83. The number of para-hydroxylation sites is 2. The smallest absolute Gasteiger partial charge is 0.235 e. The molecule has 7 heteroatoms. The molecule has 1 heterocycles. The first-order valence-corrected chi connectivity index (χ1v) is 11.8. The van der Waals surface area contributed by atoms with Gasteiger partial charge in [-0.05, 0) is 36.8 Å². The number of piperazine rings is 1. The lowest BCUT2D eigenvalue weighted by Gasteiger charge is -2.37. The Morgan fingerprint density at radius 1 is 1.03 bits per heavy atom. The minimum atomic E-state index is -0.522. The molecule has 0 spiro atoms. The topological polar surface area (TPSA) is 35.6 Å². The Hall–Kier alpha value is -1.98. The highest BCUT2D eigenvalue weighted by atomic mass is 35.5. The van der Waals surface area contributed by atoms with Gasteiger partial charge in [-0.25, -0.2) is 0 Å². The molecule has 2 aromatic rings. The van der Waals surface area contributed by atoms with Gasteiger partial charge in [0.2, 0.25) is 5.91 Å². The van der Waals surface area contributed by atoms with Crippen molar-refractivity contribution in [3.63, 3.8) is 0 Å². The maximum atomic E-state index is 12.8. The van der Waals surface area contributed by atoms with Crippen LogP contribution in [0.3, 0.4) is 0 Å². The molecule has 1 N–H and O–H groups in total. The highest BCUT2D eigenvalue weighted by Crippen LogP contribution is 2.30. The lowest BCUT2D eigenvalue weighted by atomic mass is 9.96. The molecule has 0 saturated carbocycles. The van der Waals surface area contributed by atoms with E-state index in [4.69, 9.17) is 34.8 Å². The van der Waals surface area contributed by atoms with E-state index in [2.05, 4.69) is 21.2 Å². The summed E-state index contributed by atoms with van der Waals surface area (Å²) < 4.78 is 0. The molecule has 2 aromatic carbocycles. The van der Waals surface area contributed by atoms with Gasteiger partial charge in [-0.15, -0.1) is 11.6 Å². The number of allylic oxidation sites excluding steroid dienone is 2. The van der Waals surface area contributed by atoms with Crippen LogP contribution in [0.25, 0.3) is 0 Å². The monoisotopic (exact) mass is 489 g/mol. The Labute approximate surface area is 204 Å². The highest BCUT2D eigenvalue weighted by molar-refractivity contribution is 6.42. The maximum absolute atomic E-state index is 12.8. The van der Waals surface area contributed by atoms with Crippen LogP contribution in [0, 0.1) is 5.92 Å². The minimum absolute atomic E-state index is 0.0598. The van der Waals surface area contributed by atoms with Crippen LogP contribution < -0.4 is 10.2 Å². The lowest BCUT2D eigenvalue weighted by Crippen LogP contribution is -2.46. The summed E-state index contributed by atoms with van der Waals surface area (Å²) in [5.41, 5.74) is 3.03. The van der Waals surface area contributed by atoms with Crippen LogP contribution >= 0.6 is 34.8 Å². The molecule has 0 radical (unpaired) electrons. The Kier molecular flexibility index (Phi) is 7.16. The quantitative estimate of drug-likeness (QED) is 0.413. The normalized spacial score (nSPS) is 23.4. The van der Waals surface area contributed by atoms with Crippen molar-refractivity contribution in [2.75, 3.05) is 36.4 Å². The Morgan fingerprint density at radius 2 is 1.72 bits per heavy atom. The summed E-state index contributed by atoms with van der Waals surface area (Å²) in [7, 11) is 0. The SMILES string of the molecule is CC1(Cl)C=CC(C(=O)Nc2ccccc2N2CCN(Cc3ccc(Cl)c(Cl)c3)CC2)C=C1. The van der Waals surface area contributed by atoms with Gasteiger partial charge < -0.3 is 10.2 Å². The summed E-state index contributed by atoms with van der Waals surface area (Å²) in [5, 5.41) is 4.27. The average Bonchev–Trinajstić information content (AvgIpc) is 2.77. The lowest BCUT2D eigenvalue weighted by molar-refractivity contribution is -0.117. The largest absolute Gasteiger partial charge is 0.367 e. The van der Waals surface area contributed by atoms with Crippen molar-refractivity contribution in [3.8, 4) is 0 Å². The van der Waals surface area contributed by atoms with E-state index in [-0.39, 0.29) is 11.8 Å². The summed E-state index contributed by atoms with van der Waals surface area (Å²) in [6.45, 7) is 6.33. The van der Waals surface area contributed by atoms with E-state index in [0.29, 0.717) is 10.0 Å².